The van der Waals surface area contributed by atoms with Gasteiger partial charge in [0.05, 0.1) is 56.0 Å². The molecule has 14 nitrogen and oxygen atoms in total. The second-order valence-electron chi connectivity index (χ2n) is 12.1. The Kier molecular flexibility index (Phi) is 22.2. The number of alkyl halides is 2. The molecule has 0 unspecified atom stereocenters. The second kappa shape index (κ2) is 25.3. The Morgan fingerprint density at radius 2 is 1.04 bits per heavy atom. The Hall–Kier alpha value is -4.70. The fourth-order valence-electron chi connectivity index (χ4n) is 4.89. The Morgan fingerprint density at radius 3 is 1.39 bits per heavy atom. The lowest BCUT2D eigenvalue weighted by Crippen LogP contribution is -2.51. The highest BCUT2D eigenvalue weighted by Gasteiger charge is 2.38. The van der Waals surface area contributed by atoms with Crippen molar-refractivity contribution in [3.63, 3.8) is 0 Å². The minimum atomic E-state index is -1.09. The van der Waals surface area contributed by atoms with Crippen molar-refractivity contribution in [1.82, 2.24) is 16.0 Å². The summed E-state index contributed by atoms with van der Waals surface area (Å²) in [6, 6.07) is 25.9. The minimum absolute atomic E-state index is 0.0613. The summed E-state index contributed by atoms with van der Waals surface area (Å²) in [4.78, 5) is 70.6. The number of rotatable bonds is 18. The van der Waals surface area contributed by atoms with Gasteiger partial charge in [-0.25, -0.2) is 0 Å². The number of primary amides is 1. The Balaban J connectivity index is 0.000000643. The van der Waals surface area contributed by atoms with E-state index in [9.17, 15) is 28.8 Å². The molecule has 12 N–H and O–H groups in total. The van der Waals surface area contributed by atoms with Gasteiger partial charge >= 0.3 is 0 Å². The number of hydrogen-bond acceptors (Lipinski definition) is 10. The molecule has 0 aliphatic carbocycles. The van der Waals surface area contributed by atoms with Gasteiger partial charge in [-0.3, -0.25) is 28.8 Å². The van der Waals surface area contributed by atoms with E-state index in [1.165, 1.54) is 0 Å². The fourth-order valence-corrected chi connectivity index (χ4v) is 4.89. The fraction of sp³-hybridized carbons (Fsp3) is 0.368. The molecule has 0 aliphatic heterocycles. The largest absolute Gasteiger partial charge is 0.394 e. The van der Waals surface area contributed by atoms with Gasteiger partial charge in [0, 0.05) is 5.92 Å². The number of carbonyl (C=O) groups excluding carboxylic acids is 6. The number of ketones is 2. The quantitative estimate of drug-likeness (QED) is 0.0674. The second-order valence-corrected chi connectivity index (χ2v) is 12.9. The van der Waals surface area contributed by atoms with Crippen molar-refractivity contribution in [3.05, 3.63) is 108 Å². The molecule has 3 aromatic carbocycles. The molecular weight excluding hydrogens is 737 g/mol. The Morgan fingerprint density at radius 1 is 0.667 bits per heavy atom. The molecule has 0 radical (unpaired) electrons. The van der Waals surface area contributed by atoms with Crippen molar-refractivity contribution < 1.29 is 33.9 Å². The number of aliphatic hydroxyl groups is 1. The monoisotopic (exact) mass is 787 g/mol. The highest BCUT2D eigenvalue weighted by Crippen LogP contribution is 2.36. The van der Waals surface area contributed by atoms with Crippen LogP contribution in [0.4, 0.5) is 0 Å². The van der Waals surface area contributed by atoms with Crippen LogP contribution in [-0.2, 0) is 34.3 Å². The summed E-state index contributed by atoms with van der Waals surface area (Å²) >= 11 is 9.53. The van der Waals surface area contributed by atoms with Crippen molar-refractivity contribution in [2.24, 2.45) is 28.9 Å². The minimum Gasteiger partial charge on any atom is -0.394 e. The number of benzene rings is 3. The van der Waals surface area contributed by atoms with E-state index in [0.717, 1.165) is 16.7 Å². The van der Waals surface area contributed by atoms with Gasteiger partial charge in [-0.05, 0) is 23.1 Å². The van der Waals surface area contributed by atoms with Crippen LogP contribution in [0.1, 0.15) is 49.8 Å². The maximum absolute atomic E-state index is 13.3. The number of hydrogen-bond donors (Lipinski definition) is 8. The van der Waals surface area contributed by atoms with E-state index >= 15 is 0 Å². The molecule has 0 saturated heterocycles. The van der Waals surface area contributed by atoms with Crippen LogP contribution in [0.5, 0.6) is 0 Å². The molecule has 0 saturated carbocycles. The third-order valence-corrected chi connectivity index (χ3v) is 8.09. The molecule has 54 heavy (non-hydrogen) atoms. The molecule has 294 valence electrons. The van der Waals surface area contributed by atoms with Gasteiger partial charge in [-0.2, -0.15) is 0 Å². The summed E-state index contributed by atoms with van der Waals surface area (Å²) < 4.78 is 0. The standard InChI is InChI=1S/C29H33N3O3.C8H16N4O4.CH2Cl2/c1-3-21(2)26(33)20-31-28(35)25(30)19-27(34)32-29(22-13-7-4-8-14-22,23-15-9-5-10-16-23)24-17-11-6-12-18-24;9-4(1-7(11)15)8(16)12-2-6(14)5(10)3-13;2-1-3/h4-18,21,25H,3,19-20,30H2,1-2H3,(H,31,35)(H,32,34);4-5,13H,1-3,9-10H2,(H2,11,15)(H,12,16);1H2/t21-,25-;4-,5-;/m00./s1. The average molecular weight is 789 g/mol. The van der Waals surface area contributed by atoms with Gasteiger partial charge in [-0.15, -0.1) is 23.2 Å². The Bertz CT molecular complexity index is 1520. The summed E-state index contributed by atoms with van der Waals surface area (Å²) in [6.45, 7) is 2.80. The molecule has 4 amide bonds. The molecule has 3 aromatic rings. The molecule has 0 bridgehead atoms. The lowest BCUT2D eigenvalue weighted by molar-refractivity contribution is -0.129. The van der Waals surface area contributed by atoms with Gasteiger partial charge < -0.3 is 44.0 Å². The van der Waals surface area contributed by atoms with E-state index < -0.39 is 53.8 Å². The molecule has 0 aromatic heterocycles. The number of halogens is 2. The summed E-state index contributed by atoms with van der Waals surface area (Å²) in [5.41, 5.74) is 23.1. The number of carbonyl (C=O) groups is 6. The zero-order valence-corrected chi connectivity index (χ0v) is 31.9. The molecule has 16 heteroatoms. The van der Waals surface area contributed by atoms with Crippen LogP contribution < -0.4 is 38.9 Å². The third-order valence-electron chi connectivity index (χ3n) is 8.09. The SMILES string of the molecule is CC[C@H](C)C(=O)CNC(=O)[C@@H](N)CC(=O)NC(c1ccccc1)(c1ccccc1)c1ccccc1.ClCCl.NC(=O)C[C@H](N)C(=O)NCC(=O)[C@@H](N)CO. The van der Waals surface area contributed by atoms with E-state index in [-0.39, 0.29) is 48.9 Å². The maximum atomic E-state index is 13.3. The number of Topliss-reactive ketones (excluding diaryl/α,β-unsaturated/α-hetero) is 2. The molecule has 4 atom stereocenters. The topological polar surface area (TPSA) is 263 Å². The van der Waals surface area contributed by atoms with Crippen LogP contribution in [0, 0.1) is 5.92 Å². The number of aliphatic hydroxyl groups excluding tert-OH is 1. The highest BCUT2D eigenvalue weighted by atomic mass is 35.5. The van der Waals surface area contributed by atoms with Gasteiger partial charge in [-0.1, -0.05) is 105 Å². The normalized spacial score (nSPS) is 12.8. The van der Waals surface area contributed by atoms with E-state index in [4.69, 9.17) is 51.2 Å². The summed E-state index contributed by atoms with van der Waals surface area (Å²) in [5.74, 6) is -3.01. The van der Waals surface area contributed by atoms with Gasteiger partial charge in [0.1, 0.15) is 5.54 Å². The molecule has 0 heterocycles. The average Bonchev–Trinajstić information content (AvgIpc) is 3.18. The van der Waals surface area contributed by atoms with Crippen LogP contribution in [0.25, 0.3) is 0 Å². The number of nitrogens with two attached hydrogens (primary N) is 4. The summed E-state index contributed by atoms with van der Waals surface area (Å²) in [7, 11) is 0. The van der Waals surface area contributed by atoms with Crippen LogP contribution in [0.15, 0.2) is 91.0 Å². The summed E-state index contributed by atoms with van der Waals surface area (Å²) in [6.07, 6.45) is 0.174. The zero-order valence-electron chi connectivity index (χ0n) is 30.4. The maximum Gasteiger partial charge on any atom is 0.237 e. The van der Waals surface area contributed by atoms with Crippen LogP contribution in [0.2, 0.25) is 0 Å². The number of nitrogens with one attached hydrogen (secondary N) is 3. The van der Waals surface area contributed by atoms with E-state index in [1.807, 2.05) is 105 Å². The predicted octanol–water partition coefficient (Wildman–Crippen LogP) is 1.16. The lowest BCUT2D eigenvalue weighted by atomic mass is 9.77. The van der Waals surface area contributed by atoms with Crippen molar-refractivity contribution in [3.8, 4) is 0 Å². The third kappa shape index (κ3) is 15.7. The lowest BCUT2D eigenvalue weighted by Gasteiger charge is -2.37. The molecular formula is C38H51Cl2N7O7. The van der Waals surface area contributed by atoms with E-state index in [1.54, 1.807) is 0 Å². The van der Waals surface area contributed by atoms with Crippen molar-refractivity contribution in [1.29, 1.82) is 0 Å². The van der Waals surface area contributed by atoms with Crippen molar-refractivity contribution in [2.45, 2.75) is 56.8 Å². The first-order chi connectivity index (χ1) is 25.7. The van der Waals surface area contributed by atoms with Crippen LogP contribution in [0.3, 0.4) is 0 Å². The molecule has 0 fully saturated rings. The predicted molar refractivity (Wildman–Crippen MR) is 209 cm³/mol. The first kappa shape index (κ1) is 47.3. The zero-order chi connectivity index (χ0) is 40.7. The van der Waals surface area contributed by atoms with Crippen LogP contribution >= 0.6 is 23.2 Å². The van der Waals surface area contributed by atoms with Crippen molar-refractivity contribution >= 4 is 58.4 Å². The van der Waals surface area contributed by atoms with Gasteiger partial charge in [0.25, 0.3) is 0 Å². The molecule has 0 spiro atoms. The van der Waals surface area contributed by atoms with E-state index in [2.05, 4.69) is 16.0 Å². The van der Waals surface area contributed by atoms with Gasteiger partial charge in [0.2, 0.25) is 23.6 Å². The van der Waals surface area contributed by atoms with Crippen LogP contribution in [-0.4, -0.2) is 83.5 Å². The summed E-state index contributed by atoms with van der Waals surface area (Å²) in [5, 5.41) is 16.7. The molecule has 0 aliphatic rings. The van der Waals surface area contributed by atoms with Gasteiger partial charge in [0.15, 0.2) is 11.6 Å². The smallest absolute Gasteiger partial charge is 0.237 e. The van der Waals surface area contributed by atoms with Crippen molar-refractivity contribution in [2.75, 3.05) is 25.0 Å². The Labute approximate surface area is 325 Å². The highest BCUT2D eigenvalue weighted by molar-refractivity contribution is 6.40. The molecule has 3 rings (SSSR count). The first-order valence-corrected chi connectivity index (χ1v) is 18.1. The first-order valence-electron chi connectivity index (χ1n) is 17.0. The van der Waals surface area contributed by atoms with E-state index in [0.29, 0.717) is 6.42 Å². The number of amides is 4.